The molecule has 0 unspecified atom stereocenters. The molecule has 11 heavy (non-hydrogen) atoms. The van der Waals surface area contributed by atoms with Crippen molar-refractivity contribution >= 4 is 27.1 Å². The van der Waals surface area contributed by atoms with Crippen LogP contribution in [0.2, 0.25) is 0 Å². The van der Waals surface area contributed by atoms with Crippen molar-refractivity contribution in [2.45, 2.75) is 13.8 Å². The van der Waals surface area contributed by atoms with Crippen LogP contribution < -0.4 is 0 Å². The van der Waals surface area contributed by atoms with E-state index < -0.39 is 0 Å². The first kappa shape index (κ1) is 6.98. The lowest BCUT2D eigenvalue weighted by molar-refractivity contribution is 0.576. The molecule has 0 saturated carbocycles. The predicted octanol–water partition coefficient (Wildman–Crippen LogP) is 3.41. The van der Waals surface area contributed by atoms with Crippen molar-refractivity contribution in [1.29, 1.82) is 0 Å². The van der Waals surface area contributed by atoms with E-state index in [-0.39, 0.29) is 0 Å². The first-order chi connectivity index (χ1) is 5.18. The molecule has 0 fully saturated rings. The van der Waals surface area contributed by atoms with E-state index in [1.807, 2.05) is 19.9 Å². The third kappa shape index (κ3) is 0.913. The minimum atomic E-state index is 0.756. The summed E-state index contributed by atoms with van der Waals surface area (Å²) < 4.78 is 11.5. The van der Waals surface area contributed by atoms with Crippen molar-refractivity contribution in [2.24, 2.45) is 0 Å². The van der Waals surface area contributed by atoms with E-state index in [4.69, 9.17) is 8.83 Å². The average molecular weight is 215 g/mol. The quantitative estimate of drug-likeness (QED) is 0.673. The summed E-state index contributed by atoms with van der Waals surface area (Å²) in [4.78, 5) is 0. The Morgan fingerprint density at radius 1 is 1.27 bits per heavy atom. The van der Waals surface area contributed by atoms with Crippen LogP contribution in [0.4, 0.5) is 0 Å². The Kier molecular flexibility index (Phi) is 1.36. The summed E-state index contributed by atoms with van der Waals surface area (Å²) in [6.45, 7) is 3.86. The molecule has 2 aromatic rings. The summed E-state index contributed by atoms with van der Waals surface area (Å²) in [6, 6.07) is 1.88. The molecule has 0 amide bonds. The molecule has 0 bridgehead atoms. The maximum Gasteiger partial charge on any atom is 0.176 e. The predicted molar refractivity (Wildman–Crippen MR) is 45.7 cm³/mol. The van der Waals surface area contributed by atoms with E-state index in [1.165, 1.54) is 0 Å². The lowest BCUT2D eigenvalue weighted by Gasteiger charge is -1.82. The smallest absolute Gasteiger partial charge is 0.176 e. The standard InChI is InChI=1S/C8H7BrO2/c1-4-3-6-7(10-4)5(2)8(9)11-6/h3H,1-2H3. The topological polar surface area (TPSA) is 26.3 Å². The Hall–Kier alpha value is -0.700. The van der Waals surface area contributed by atoms with Crippen molar-refractivity contribution in [1.82, 2.24) is 0 Å². The number of furan rings is 2. The summed E-state index contributed by atoms with van der Waals surface area (Å²) in [7, 11) is 0. The first-order valence-electron chi connectivity index (χ1n) is 3.33. The fourth-order valence-corrected chi connectivity index (χ4v) is 1.44. The van der Waals surface area contributed by atoms with Gasteiger partial charge in [-0.3, -0.25) is 0 Å². The summed E-state index contributed by atoms with van der Waals surface area (Å²) in [5.74, 6) is 0.884. The molecule has 0 spiro atoms. The highest BCUT2D eigenvalue weighted by Gasteiger charge is 2.11. The third-order valence-electron chi connectivity index (χ3n) is 1.66. The molecule has 0 aliphatic heterocycles. The highest BCUT2D eigenvalue weighted by molar-refractivity contribution is 9.10. The van der Waals surface area contributed by atoms with Gasteiger partial charge in [0.15, 0.2) is 15.8 Å². The Labute approximate surface area is 72.3 Å². The van der Waals surface area contributed by atoms with Gasteiger partial charge in [-0.25, -0.2) is 0 Å². The van der Waals surface area contributed by atoms with E-state index in [0.29, 0.717) is 0 Å². The number of fused-ring (bicyclic) bond motifs is 1. The van der Waals surface area contributed by atoms with Gasteiger partial charge in [-0.05, 0) is 29.8 Å². The molecule has 3 heteroatoms. The van der Waals surface area contributed by atoms with Crippen molar-refractivity contribution in [3.8, 4) is 0 Å². The van der Waals surface area contributed by atoms with Crippen LogP contribution in [0.1, 0.15) is 11.3 Å². The monoisotopic (exact) mass is 214 g/mol. The number of halogens is 1. The Morgan fingerprint density at radius 3 is 2.64 bits per heavy atom. The van der Waals surface area contributed by atoms with Crippen LogP contribution in [0.25, 0.3) is 11.2 Å². The van der Waals surface area contributed by atoms with Crippen LogP contribution in [0.5, 0.6) is 0 Å². The van der Waals surface area contributed by atoms with Gasteiger partial charge in [0.1, 0.15) is 5.76 Å². The van der Waals surface area contributed by atoms with Crippen molar-refractivity contribution < 1.29 is 8.83 Å². The SMILES string of the molecule is Cc1cc2oc(Br)c(C)c2o1. The molecule has 0 aromatic carbocycles. The highest BCUT2D eigenvalue weighted by Crippen LogP contribution is 2.31. The minimum Gasteiger partial charge on any atom is -0.458 e. The average Bonchev–Trinajstić information content (AvgIpc) is 2.37. The zero-order valence-corrected chi connectivity index (χ0v) is 7.86. The van der Waals surface area contributed by atoms with E-state index >= 15 is 0 Å². The molecule has 2 rings (SSSR count). The lowest BCUT2D eigenvalue weighted by atomic mass is 10.3. The largest absolute Gasteiger partial charge is 0.458 e. The lowest BCUT2D eigenvalue weighted by Crippen LogP contribution is -1.63. The van der Waals surface area contributed by atoms with E-state index in [9.17, 15) is 0 Å². The van der Waals surface area contributed by atoms with Gasteiger partial charge in [-0.1, -0.05) is 0 Å². The van der Waals surface area contributed by atoms with E-state index in [1.54, 1.807) is 0 Å². The van der Waals surface area contributed by atoms with Crippen LogP contribution >= 0.6 is 15.9 Å². The zero-order valence-electron chi connectivity index (χ0n) is 6.27. The number of hydrogen-bond acceptors (Lipinski definition) is 2. The van der Waals surface area contributed by atoms with Gasteiger partial charge >= 0.3 is 0 Å². The van der Waals surface area contributed by atoms with Gasteiger partial charge < -0.3 is 8.83 Å². The van der Waals surface area contributed by atoms with E-state index in [0.717, 1.165) is 27.2 Å². The Morgan fingerprint density at radius 2 is 2.00 bits per heavy atom. The fraction of sp³-hybridized carbons (Fsp3) is 0.250. The Balaban J connectivity index is 2.88. The Bertz CT molecular complexity index is 397. The van der Waals surface area contributed by atoms with Crippen LogP contribution in [0.15, 0.2) is 19.6 Å². The van der Waals surface area contributed by atoms with Crippen LogP contribution in [-0.2, 0) is 0 Å². The molecule has 0 radical (unpaired) electrons. The van der Waals surface area contributed by atoms with E-state index in [2.05, 4.69) is 15.9 Å². The molecule has 58 valence electrons. The second kappa shape index (κ2) is 2.14. The molecule has 0 aliphatic rings. The van der Waals surface area contributed by atoms with Crippen molar-refractivity contribution in [3.05, 3.63) is 22.1 Å². The number of hydrogen-bond donors (Lipinski definition) is 0. The summed E-state index contributed by atoms with van der Waals surface area (Å²) in [5, 5.41) is 0. The first-order valence-corrected chi connectivity index (χ1v) is 4.13. The molecular formula is C8H7BrO2. The van der Waals surface area contributed by atoms with Gasteiger partial charge in [0.25, 0.3) is 0 Å². The van der Waals surface area contributed by atoms with Crippen molar-refractivity contribution in [3.63, 3.8) is 0 Å². The third-order valence-corrected chi connectivity index (χ3v) is 2.41. The second-order valence-corrected chi connectivity index (χ2v) is 3.27. The van der Waals surface area contributed by atoms with Gasteiger partial charge in [-0.2, -0.15) is 0 Å². The van der Waals surface area contributed by atoms with Gasteiger partial charge in [0.2, 0.25) is 0 Å². The fourth-order valence-electron chi connectivity index (χ4n) is 1.09. The zero-order chi connectivity index (χ0) is 8.01. The molecule has 0 atom stereocenters. The minimum absolute atomic E-state index is 0.756. The summed E-state index contributed by atoms with van der Waals surface area (Å²) >= 11 is 3.29. The second-order valence-electron chi connectivity index (χ2n) is 2.55. The number of rotatable bonds is 0. The molecule has 2 heterocycles. The molecule has 2 aromatic heterocycles. The van der Waals surface area contributed by atoms with Gasteiger partial charge in [0, 0.05) is 11.6 Å². The maximum atomic E-state index is 5.40. The molecule has 0 aliphatic carbocycles. The molecule has 0 N–H and O–H groups in total. The van der Waals surface area contributed by atoms with Gasteiger partial charge in [0.05, 0.1) is 0 Å². The maximum absolute atomic E-state index is 5.40. The molecular weight excluding hydrogens is 208 g/mol. The summed E-state index contributed by atoms with van der Waals surface area (Å²) in [5.41, 5.74) is 2.68. The summed E-state index contributed by atoms with van der Waals surface area (Å²) in [6.07, 6.45) is 0. The molecule has 2 nitrogen and oxygen atoms in total. The number of aryl methyl sites for hydroxylation is 2. The highest BCUT2D eigenvalue weighted by atomic mass is 79.9. The normalized spacial score (nSPS) is 11.2. The molecule has 0 saturated heterocycles. The van der Waals surface area contributed by atoms with Crippen molar-refractivity contribution in [2.75, 3.05) is 0 Å². The van der Waals surface area contributed by atoms with Gasteiger partial charge in [-0.15, -0.1) is 0 Å². The van der Waals surface area contributed by atoms with Crippen LogP contribution in [0, 0.1) is 13.8 Å². The van der Waals surface area contributed by atoms with Crippen LogP contribution in [-0.4, -0.2) is 0 Å². The van der Waals surface area contributed by atoms with Crippen LogP contribution in [0.3, 0.4) is 0 Å².